The molecule has 0 atom stereocenters. The molecule has 1 aromatic carbocycles. The molecule has 2 nitrogen and oxygen atoms in total. The number of rotatable bonds is 5. The van der Waals surface area contributed by atoms with Gasteiger partial charge in [-0.2, -0.15) is 0 Å². The predicted octanol–water partition coefficient (Wildman–Crippen LogP) is 2.81. The lowest BCUT2D eigenvalue weighted by Gasteiger charge is -2.05. The van der Waals surface area contributed by atoms with Crippen LogP contribution in [0.2, 0.25) is 0 Å². The molecule has 0 bridgehead atoms. The molecule has 0 aliphatic carbocycles. The van der Waals surface area contributed by atoms with Crippen molar-refractivity contribution in [2.24, 2.45) is 0 Å². The van der Waals surface area contributed by atoms with Crippen molar-refractivity contribution in [1.29, 1.82) is 0 Å². The van der Waals surface area contributed by atoms with Crippen LogP contribution in [0.15, 0.2) is 42.7 Å². The van der Waals surface area contributed by atoms with Crippen molar-refractivity contribution in [3.8, 4) is 11.5 Å². The van der Waals surface area contributed by atoms with Gasteiger partial charge in [-0.25, -0.2) is 0 Å². The molecule has 0 fully saturated rings. The first-order chi connectivity index (χ1) is 6.86. The molecule has 0 heterocycles. The van der Waals surface area contributed by atoms with Crippen molar-refractivity contribution in [2.75, 3.05) is 13.7 Å². The standard InChI is InChI=1S/C12H14O2/c1-3-4-5-9-14-12-8-6-7-11(10-12)13-2/h4,6-8,10H,1,5,9H2,2H3. The van der Waals surface area contributed by atoms with Crippen LogP contribution in [-0.2, 0) is 0 Å². The summed E-state index contributed by atoms with van der Waals surface area (Å²) in [7, 11) is 1.64. The van der Waals surface area contributed by atoms with Gasteiger partial charge in [0.2, 0.25) is 0 Å². The van der Waals surface area contributed by atoms with Gasteiger partial charge >= 0.3 is 0 Å². The van der Waals surface area contributed by atoms with Crippen LogP contribution < -0.4 is 9.47 Å². The third-order valence-electron chi connectivity index (χ3n) is 1.72. The molecule has 0 amide bonds. The minimum absolute atomic E-state index is 0.635. The summed E-state index contributed by atoms with van der Waals surface area (Å²) >= 11 is 0. The molecule has 2 heteroatoms. The first-order valence-electron chi connectivity index (χ1n) is 4.48. The summed E-state index contributed by atoms with van der Waals surface area (Å²) in [5, 5.41) is 0. The van der Waals surface area contributed by atoms with E-state index in [2.05, 4.69) is 12.3 Å². The van der Waals surface area contributed by atoms with E-state index in [1.165, 1.54) is 0 Å². The SMILES string of the molecule is C=C=CCCOc1cccc(OC)c1. The van der Waals surface area contributed by atoms with Gasteiger partial charge in [0.05, 0.1) is 13.7 Å². The van der Waals surface area contributed by atoms with Crippen LogP contribution in [0.4, 0.5) is 0 Å². The summed E-state index contributed by atoms with van der Waals surface area (Å²) in [4.78, 5) is 0. The first kappa shape index (κ1) is 10.4. The van der Waals surface area contributed by atoms with E-state index in [0.29, 0.717) is 6.61 Å². The Morgan fingerprint density at radius 1 is 1.43 bits per heavy atom. The van der Waals surface area contributed by atoms with E-state index >= 15 is 0 Å². The molecule has 0 spiro atoms. The van der Waals surface area contributed by atoms with Crippen molar-refractivity contribution in [1.82, 2.24) is 0 Å². The van der Waals surface area contributed by atoms with Gasteiger partial charge in [0.1, 0.15) is 11.5 Å². The lowest BCUT2D eigenvalue weighted by molar-refractivity contribution is 0.322. The Hall–Kier alpha value is -1.66. The smallest absolute Gasteiger partial charge is 0.122 e. The number of hydrogen-bond donors (Lipinski definition) is 0. The van der Waals surface area contributed by atoms with Gasteiger partial charge in [-0.1, -0.05) is 12.6 Å². The summed E-state index contributed by atoms with van der Waals surface area (Å²) in [6.45, 7) is 4.11. The maximum Gasteiger partial charge on any atom is 0.122 e. The molecule has 0 radical (unpaired) electrons. The normalized spacial score (nSPS) is 8.93. The third kappa shape index (κ3) is 3.38. The van der Waals surface area contributed by atoms with Gasteiger partial charge in [-0.15, -0.1) is 5.73 Å². The zero-order valence-electron chi connectivity index (χ0n) is 8.32. The molecule has 1 aromatic rings. The molecular weight excluding hydrogens is 176 g/mol. The Labute approximate surface area is 84.5 Å². The molecule has 0 aliphatic rings. The minimum Gasteiger partial charge on any atom is -0.497 e. The first-order valence-corrected chi connectivity index (χ1v) is 4.48. The summed E-state index contributed by atoms with van der Waals surface area (Å²) in [5.74, 6) is 1.63. The van der Waals surface area contributed by atoms with Crippen LogP contribution in [0.5, 0.6) is 11.5 Å². The number of benzene rings is 1. The summed E-state index contributed by atoms with van der Waals surface area (Å²) < 4.78 is 10.5. The van der Waals surface area contributed by atoms with E-state index in [0.717, 1.165) is 17.9 Å². The van der Waals surface area contributed by atoms with Gasteiger partial charge in [0.15, 0.2) is 0 Å². The molecule has 0 saturated carbocycles. The van der Waals surface area contributed by atoms with Crippen LogP contribution >= 0.6 is 0 Å². The molecule has 74 valence electrons. The summed E-state index contributed by atoms with van der Waals surface area (Å²) in [6.07, 6.45) is 2.67. The third-order valence-corrected chi connectivity index (χ3v) is 1.72. The fraction of sp³-hybridized carbons (Fsp3) is 0.250. The van der Waals surface area contributed by atoms with Crippen LogP contribution in [-0.4, -0.2) is 13.7 Å². The second-order valence-corrected chi connectivity index (χ2v) is 2.72. The molecule has 0 saturated heterocycles. The van der Waals surface area contributed by atoms with E-state index in [1.54, 1.807) is 7.11 Å². The van der Waals surface area contributed by atoms with E-state index in [1.807, 2.05) is 30.3 Å². The lowest BCUT2D eigenvalue weighted by atomic mass is 10.3. The van der Waals surface area contributed by atoms with E-state index < -0.39 is 0 Å². The molecule has 14 heavy (non-hydrogen) atoms. The quantitative estimate of drug-likeness (QED) is 0.525. The second kappa shape index (κ2) is 5.90. The van der Waals surface area contributed by atoms with Crippen LogP contribution in [0.25, 0.3) is 0 Å². The van der Waals surface area contributed by atoms with E-state index in [4.69, 9.17) is 9.47 Å². The summed E-state index contributed by atoms with van der Waals surface area (Å²) in [5.41, 5.74) is 2.70. The highest BCUT2D eigenvalue weighted by Gasteiger charge is 1.94. The predicted molar refractivity (Wildman–Crippen MR) is 56.8 cm³/mol. The highest BCUT2D eigenvalue weighted by molar-refractivity contribution is 5.32. The van der Waals surface area contributed by atoms with E-state index in [-0.39, 0.29) is 0 Å². The molecular formula is C12H14O2. The van der Waals surface area contributed by atoms with Gasteiger partial charge < -0.3 is 9.47 Å². The Balaban J connectivity index is 2.45. The molecule has 0 aromatic heterocycles. The lowest BCUT2D eigenvalue weighted by Crippen LogP contribution is -1.95. The Morgan fingerprint density at radius 3 is 2.93 bits per heavy atom. The van der Waals surface area contributed by atoms with Crippen LogP contribution in [0.3, 0.4) is 0 Å². The highest BCUT2D eigenvalue weighted by atomic mass is 16.5. The molecule has 1 rings (SSSR count). The number of methoxy groups -OCH3 is 1. The second-order valence-electron chi connectivity index (χ2n) is 2.72. The van der Waals surface area contributed by atoms with Gasteiger partial charge in [0.25, 0.3) is 0 Å². The zero-order chi connectivity index (χ0) is 10.2. The number of ether oxygens (including phenoxy) is 2. The van der Waals surface area contributed by atoms with Gasteiger partial charge in [0, 0.05) is 12.5 Å². The maximum atomic E-state index is 5.47. The average molecular weight is 190 g/mol. The Kier molecular flexibility index (Phi) is 4.39. The Morgan fingerprint density at radius 2 is 2.21 bits per heavy atom. The minimum atomic E-state index is 0.635. The van der Waals surface area contributed by atoms with E-state index in [9.17, 15) is 0 Å². The molecule has 0 N–H and O–H groups in total. The van der Waals surface area contributed by atoms with Crippen LogP contribution in [0, 0.1) is 0 Å². The van der Waals surface area contributed by atoms with Crippen molar-refractivity contribution in [3.05, 3.63) is 42.7 Å². The van der Waals surface area contributed by atoms with Crippen molar-refractivity contribution in [3.63, 3.8) is 0 Å². The topological polar surface area (TPSA) is 18.5 Å². The van der Waals surface area contributed by atoms with Crippen molar-refractivity contribution < 1.29 is 9.47 Å². The zero-order valence-corrected chi connectivity index (χ0v) is 8.32. The van der Waals surface area contributed by atoms with Crippen LogP contribution in [0.1, 0.15) is 6.42 Å². The fourth-order valence-electron chi connectivity index (χ4n) is 1.03. The highest BCUT2D eigenvalue weighted by Crippen LogP contribution is 2.18. The average Bonchev–Trinajstić information content (AvgIpc) is 2.25. The van der Waals surface area contributed by atoms with Crippen molar-refractivity contribution >= 4 is 0 Å². The largest absolute Gasteiger partial charge is 0.497 e. The molecule has 0 unspecified atom stereocenters. The Bertz CT molecular complexity index is 325. The monoisotopic (exact) mass is 190 g/mol. The maximum absolute atomic E-state index is 5.47. The van der Waals surface area contributed by atoms with Crippen molar-refractivity contribution in [2.45, 2.75) is 6.42 Å². The fourth-order valence-corrected chi connectivity index (χ4v) is 1.03. The van der Waals surface area contributed by atoms with Gasteiger partial charge in [-0.3, -0.25) is 0 Å². The number of hydrogen-bond acceptors (Lipinski definition) is 2. The summed E-state index contributed by atoms with van der Waals surface area (Å²) in [6, 6.07) is 7.55. The van der Waals surface area contributed by atoms with Gasteiger partial charge in [-0.05, 0) is 18.2 Å². The molecule has 0 aliphatic heterocycles.